The Morgan fingerprint density at radius 3 is 2.72 bits per heavy atom. The summed E-state index contributed by atoms with van der Waals surface area (Å²) in [6, 6.07) is 7.14. The minimum Gasteiger partial charge on any atom is -0.350 e. The van der Waals surface area contributed by atoms with Gasteiger partial charge in [0.15, 0.2) is 0 Å². The third-order valence-electron chi connectivity index (χ3n) is 4.31. The van der Waals surface area contributed by atoms with Crippen molar-refractivity contribution in [3.05, 3.63) is 65.0 Å². The van der Waals surface area contributed by atoms with E-state index in [1.54, 1.807) is 6.20 Å². The molecule has 0 radical (unpaired) electrons. The lowest BCUT2D eigenvalue weighted by molar-refractivity contribution is -0.122. The van der Waals surface area contributed by atoms with Crippen LogP contribution in [0.25, 0.3) is 5.69 Å². The molecule has 2 aromatic heterocycles. The Morgan fingerprint density at radius 2 is 2.08 bits per heavy atom. The summed E-state index contributed by atoms with van der Waals surface area (Å²) in [6.07, 6.45) is 3.66. The molecular weight excluding hydrogens is 316 g/mol. The molecule has 0 bridgehead atoms. The summed E-state index contributed by atoms with van der Waals surface area (Å²) in [4.78, 5) is 16.7. The van der Waals surface area contributed by atoms with Gasteiger partial charge in [-0.15, -0.1) is 0 Å². The van der Waals surface area contributed by atoms with Gasteiger partial charge >= 0.3 is 0 Å². The Labute approximate surface area is 146 Å². The average Bonchev–Trinajstić information content (AvgIpc) is 3.17. The van der Waals surface area contributed by atoms with Crippen molar-refractivity contribution in [1.29, 1.82) is 0 Å². The van der Waals surface area contributed by atoms with Crippen LogP contribution in [0.5, 0.6) is 0 Å². The van der Waals surface area contributed by atoms with Crippen LogP contribution in [0.4, 0.5) is 0 Å². The summed E-state index contributed by atoms with van der Waals surface area (Å²) in [5.74, 6) is 0.657. The van der Waals surface area contributed by atoms with Crippen molar-refractivity contribution in [3.8, 4) is 5.69 Å². The fourth-order valence-corrected chi connectivity index (χ4v) is 2.97. The number of aromatic amines is 1. The minimum atomic E-state index is -0.749. The van der Waals surface area contributed by atoms with Crippen LogP contribution < -0.4 is 11.1 Å². The highest BCUT2D eigenvalue weighted by atomic mass is 16.2. The van der Waals surface area contributed by atoms with E-state index in [1.807, 2.05) is 55.8 Å². The summed E-state index contributed by atoms with van der Waals surface area (Å²) in [6.45, 7) is 6.02. The molecule has 0 aliphatic carbocycles. The summed E-state index contributed by atoms with van der Waals surface area (Å²) < 4.78 is 1.99. The molecule has 7 heteroatoms. The topological polar surface area (TPSA) is 102 Å². The number of hydrogen-bond donors (Lipinski definition) is 3. The Morgan fingerprint density at radius 1 is 1.32 bits per heavy atom. The van der Waals surface area contributed by atoms with Crippen LogP contribution in [-0.2, 0) is 11.3 Å². The first-order valence-electron chi connectivity index (χ1n) is 8.12. The van der Waals surface area contributed by atoms with Crippen molar-refractivity contribution < 1.29 is 4.79 Å². The number of benzene rings is 1. The second-order valence-electron chi connectivity index (χ2n) is 6.02. The van der Waals surface area contributed by atoms with Gasteiger partial charge in [0.05, 0.1) is 11.4 Å². The first-order valence-corrected chi connectivity index (χ1v) is 8.12. The molecule has 7 nitrogen and oxygen atoms in total. The highest BCUT2D eigenvalue weighted by Crippen LogP contribution is 2.19. The minimum absolute atomic E-state index is 0.232. The second-order valence-corrected chi connectivity index (χ2v) is 6.02. The third kappa shape index (κ3) is 3.32. The van der Waals surface area contributed by atoms with Gasteiger partial charge in [0, 0.05) is 30.2 Å². The Balaban J connectivity index is 1.76. The van der Waals surface area contributed by atoms with E-state index >= 15 is 0 Å². The van der Waals surface area contributed by atoms with Crippen LogP contribution in [0.1, 0.15) is 34.4 Å². The molecule has 0 aliphatic rings. The summed E-state index contributed by atoms with van der Waals surface area (Å²) in [5.41, 5.74) is 10.4. The molecule has 25 heavy (non-hydrogen) atoms. The van der Waals surface area contributed by atoms with Gasteiger partial charge in [-0.3, -0.25) is 9.89 Å². The fourth-order valence-electron chi connectivity index (χ4n) is 2.97. The maximum absolute atomic E-state index is 12.5. The SMILES string of the molecule is Cc1n[nH]c(C)c1[C@H](N)C(=O)NCc1ccccc1-n1ccnc1C. The van der Waals surface area contributed by atoms with E-state index in [9.17, 15) is 4.79 Å². The van der Waals surface area contributed by atoms with Crippen molar-refractivity contribution in [1.82, 2.24) is 25.1 Å². The zero-order valence-corrected chi connectivity index (χ0v) is 14.6. The van der Waals surface area contributed by atoms with Crippen LogP contribution in [0.2, 0.25) is 0 Å². The first kappa shape index (κ1) is 16.9. The van der Waals surface area contributed by atoms with Crippen molar-refractivity contribution >= 4 is 5.91 Å². The fraction of sp³-hybridized carbons (Fsp3) is 0.278. The number of carbonyl (C=O) groups excluding carboxylic acids is 1. The monoisotopic (exact) mass is 338 g/mol. The maximum atomic E-state index is 12.5. The molecule has 0 saturated heterocycles. The molecule has 1 aromatic carbocycles. The number of nitrogens with one attached hydrogen (secondary N) is 2. The standard InChI is InChI=1S/C18H22N6O/c1-11-16(12(2)23-22-11)17(19)18(25)21-10-14-6-4-5-7-15(14)24-9-8-20-13(24)3/h4-9,17H,10,19H2,1-3H3,(H,21,25)(H,22,23)/t17-/m0/s1. The zero-order valence-electron chi connectivity index (χ0n) is 14.6. The van der Waals surface area contributed by atoms with Gasteiger partial charge in [-0.2, -0.15) is 5.10 Å². The van der Waals surface area contributed by atoms with Crippen LogP contribution in [0.3, 0.4) is 0 Å². The van der Waals surface area contributed by atoms with E-state index in [-0.39, 0.29) is 5.91 Å². The quantitative estimate of drug-likeness (QED) is 0.660. The number of aryl methyl sites for hydroxylation is 3. The average molecular weight is 338 g/mol. The van der Waals surface area contributed by atoms with Crippen molar-refractivity contribution in [2.75, 3.05) is 0 Å². The Bertz CT molecular complexity index is 875. The van der Waals surface area contributed by atoms with Gasteiger partial charge in [0.1, 0.15) is 11.9 Å². The van der Waals surface area contributed by atoms with E-state index in [4.69, 9.17) is 5.73 Å². The predicted molar refractivity (Wildman–Crippen MR) is 95.1 cm³/mol. The number of amides is 1. The van der Waals surface area contributed by atoms with Gasteiger partial charge in [-0.1, -0.05) is 18.2 Å². The number of carbonyl (C=O) groups is 1. The lowest BCUT2D eigenvalue weighted by Gasteiger charge is -2.15. The molecule has 0 fully saturated rings. The van der Waals surface area contributed by atoms with Crippen molar-refractivity contribution in [2.45, 2.75) is 33.4 Å². The first-order chi connectivity index (χ1) is 12.0. The molecule has 1 atom stereocenters. The molecule has 3 rings (SSSR count). The molecule has 0 aliphatic heterocycles. The van der Waals surface area contributed by atoms with Gasteiger partial charge in [0.2, 0.25) is 5.91 Å². The lowest BCUT2D eigenvalue weighted by atomic mass is 10.0. The molecule has 0 unspecified atom stereocenters. The molecule has 4 N–H and O–H groups in total. The number of nitrogens with two attached hydrogens (primary N) is 1. The van der Waals surface area contributed by atoms with Gasteiger partial charge in [-0.25, -0.2) is 4.98 Å². The number of hydrogen-bond acceptors (Lipinski definition) is 4. The maximum Gasteiger partial charge on any atom is 0.241 e. The lowest BCUT2D eigenvalue weighted by Crippen LogP contribution is -2.34. The molecule has 2 heterocycles. The number of rotatable bonds is 5. The molecule has 1 amide bonds. The number of imidazole rings is 1. The number of nitrogens with zero attached hydrogens (tertiary/aromatic N) is 3. The highest BCUT2D eigenvalue weighted by molar-refractivity contribution is 5.83. The zero-order chi connectivity index (χ0) is 18.0. The summed E-state index contributed by atoms with van der Waals surface area (Å²) in [7, 11) is 0. The van der Waals surface area contributed by atoms with Gasteiger partial charge in [0.25, 0.3) is 0 Å². The third-order valence-corrected chi connectivity index (χ3v) is 4.31. The Kier molecular flexibility index (Phi) is 4.67. The molecule has 3 aromatic rings. The van der Waals surface area contributed by atoms with E-state index in [2.05, 4.69) is 20.5 Å². The largest absolute Gasteiger partial charge is 0.350 e. The molecule has 130 valence electrons. The van der Waals surface area contributed by atoms with E-state index in [0.29, 0.717) is 6.54 Å². The van der Waals surface area contributed by atoms with E-state index < -0.39 is 6.04 Å². The van der Waals surface area contributed by atoms with E-state index in [1.165, 1.54) is 0 Å². The molecule has 0 spiro atoms. The molecular formula is C18H22N6O. The van der Waals surface area contributed by atoms with Crippen LogP contribution >= 0.6 is 0 Å². The highest BCUT2D eigenvalue weighted by Gasteiger charge is 2.22. The van der Waals surface area contributed by atoms with Gasteiger partial charge in [-0.05, 0) is 32.4 Å². The smallest absolute Gasteiger partial charge is 0.241 e. The summed E-state index contributed by atoms with van der Waals surface area (Å²) >= 11 is 0. The van der Waals surface area contributed by atoms with Crippen LogP contribution in [0, 0.1) is 20.8 Å². The summed E-state index contributed by atoms with van der Waals surface area (Å²) in [5, 5.41) is 9.88. The van der Waals surface area contributed by atoms with Crippen molar-refractivity contribution in [2.24, 2.45) is 5.73 Å². The van der Waals surface area contributed by atoms with E-state index in [0.717, 1.165) is 34.0 Å². The number of aromatic nitrogens is 4. The second kappa shape index (κ2) is 6.90. The Hall–Kier alpha value is -2.93. The number of H-pyrrole nitrogens is 1. The predicted octanol–water partition coefficient (Wildman–Crippen LogP) is 1.84. The molecule has 0 saturated carbocycles. The van der Waals surface area contributed by atoms with Crippen molar-refractivity contribution in [3.63, 3.8) is 0 Å². The van der Waals surface area contributed by atoms with Gasteiger partial charge < -0.3 is 15.6 Å². The van der Waals surface area contributed by atoms with Crippen LogP contribution in [0.15, 0.2) is 36.7 Å². The normalized spacial score (nSPS) is 12.2. The van der Waals surface area contributed by atoms with Crippen LogP contribution in [-0.4, -0.2) is 25.7 Å². The number of para-hydroxylation sites is 1.